The van der Waals surface area contributed by atoms with Gasteiger partial charge < -0.3 is 5.32 Å². The predicted molar refractivity (Wildman–Crippen MR) is 86.9 cm³/mol. The first kappa shape index (κ1) is 13.6. The molecule has 0 bridgehead atoms. The summed E-state index contributed by atoms with van der Waals surface area (Å²) in [4.78, 5) is 0. The highest BCUT2D eigenvalue weighted by molar-refractivity contribution is 5.83. The fraction of sp³-hybridized carbons (Fsp3) is 0.474. The molecule has 1 fully saturated rings. The molecule has 1 nitrogen and oxygen atoms in total. The summed E-state index contributed by atoms with van der Waals surface area (Å²) < 4.78 is 0. The van der Waals surface area contributed by atoms with Gasteiger partial charge in [-0.15, -0.1) is 0 Å². The Morgan fingerprint density at radius 1 is 1.05 bits per heavy atom. The Kier molecular flexibility index (Phi) is 4.07. The van der Waals surface area contributed by atoms with E-state index in [0.717, 1.165) is 5.92 Å². The van der Waals surface area contributed by atoms with E-state index in [2.05, 4.69) is 61.6 Å². The van der Waals surface area contributed by atoms with Gasteiger partial charge in [-0.1, -0.05) is 56.2 Å². The van der Waals surface area contributed by atoms with Crippen LogP contribution in [0.1, 0.15) is 51.1 Å². The highest BCUT2D eigenvalue weighted by atomic mass is 14.9. The van der Waals surface area contributed by atoms with Crippen molar-refractivity contribution in [3.63, 3.8) is 0 Å². The maximum absolute atomic E-state index is 3.83. The summed E-state index contributed by atoms with van der Waals surface area (Å²) in [5.41, 5.74) is 1.40. The molecule has 2 aromatic rings. The van der Waals surface area contributed by atoms with Crippen LogP contribution in [-0.2, 0) is 0 Å². The Morgan fingerprint density at radius 2 is 1.85 bits per heavy atom. The molecule has 0 amide bonds. The van der Waals surface area contributed by atoms with Crippen LogP contribution >= 0.6 is 0 Å². The number of hydrogen-bond donors (Lipinski definition) is 1. The lowest BCUT2D eigenvalue weighted by atomic mass is 9.86. The van der Waals surface area contributed by atoms with Crippen molar-refractivity contribution in [1.82, 2.24) is 5.32 Å². The maximum Gasteiger partial charge on any atom is 0.0294 e. The smallest absolute Gasteiger partial charge is 0.0294 e. The van der Waals surface area contributed by atoms with Gasteiger partial charge >= 0.3 is 0 Å². The molecule has 3 rings (SSSR count). The van der Waals surface area contributed by atoms with Crippen molar-refractivity contribution in [2.24, 2.45) is 5.92 Å². The number of nitrogens with one attached hydrogen (secondary N) is 1. The minimum absolute atomic E-state index is 0.440. The van der Waals surface area contributed by atoms with E-state index in [1.165, 1.54) is 42.0 Å². The number of rotatable bonds is 3. The quantitative estimate of drug-likeness (QED) is 0.818. The molecule has 1 heteroatoms. The molecule has 1 N–H and O–H groups in total. The maximum atomic E-state index is 3.83. The first-order valence-electron chi connectivity index (χ1n) is 7.97. The molecule has 0 heterocycles. The van der Waals surface area contributed by atoms with Gasteiger partial charge in [0.25, 0.3) is 0 Å². The molecule has 1 saturated carbocycles. The van der Waals surface area contributed by atoms with Crippen LogP contribution in [0.15, 0.2) is 42.5 Å². The standard InChI is InChI=1S/C19H25N/c1-14-6-5-9-19(12-14)20-15(2)17-11-10-16-7-3-4-8-18(16)13-17/h3-4,7-8,10-11,13-15,19-20H,5-6,9,12H2,1-2H3. The second kappa shape index (κ2) is 5.97. The average molecular weight is 267 g/mol. The molecule has 3 atom stereocenters. The van der Waals surface area contributed by atoms with Crippen molar-refractivity contribution in [1.29, 1.82) is 0 Å². The predicted octanol–water partition coefficient (Wildman–Crippen LogP) is 5.07. The summed E-state index contributed by atoms with van der Waals surface area (Å²) in [6.45, 7) is 4.68. The molecule has 0 aliphatic heterocycles. The van der Waals surface area contributed by atoms with E-state index >= 15 is 0 Å². The molecule has 0 radical (unpaired) electrons. The van der Waals surface area contributed by atoms with Crippen molar-refractivity contribution in [2.75, 3.05) is 0 Å². The Labute approximate surface area is 122 Å². The van der Waals surface area contributed by atoms with Crippen LogP contribution in [0, 0.1) is 5.92 Å². The number of benzene rings is 2. The first-order valence-corrected chi connectivity index (χ1v) is 7.97. The second-order valence-corrected chi connectivity index (χ2v) is 6.46. The van der Waals surface area contributed by atoms with E-state index in [1.807, 2.05) is 0 Å². The lowest BCUT2D eigenvalue weighted by molar-refractivity contribution is 0.285. The third-order valence-corrected chi connectivity index (χ3v) is 4.70. The highest BCUT2D eigenvalue weighted by Crippen LogP contribution is 2.26. The molecule has 106 valence electrons. The normalized spacial score (nSPS) is 24.7. The van der Waals surface area contributed by atoms with Gasteiger partial charge in [-0.05, 0) is 48.1 Å². The molecule has 20 heavy (non-hydrogen) atoms. The first-order chi connectivity index (χ1) is 9.72. The molecular weight excluding hydrogens is 242 g/mol. The van der Waals surface area contributed by atoms with E-state index in [1.54, 1.807) is 0 Å². The Balaban J connectivity index is 1.73. The lowest BCUT2D eigenvalue weighted by Crippen LogP contribution is -2.35. The molecule has 0 spiro atoms. The summed E-state index contributed by atoms with van der Waals surface area (Å²) in [5.74, 6) is 0.880. The Hall–Kier alpha value is -1.34. The van der Waals surface area contributed by atoms with Crippen LogP contribution < -0.4 is 5.32 Å². The van der Waals surface area contributed by atoms with E-state index in [0.29, 0.717) is 12.1 Å². The minimum atomic E-state index is 0.440. The molecule has 0 aromatic heterocycles. The van der Waals surface area contributed by atoms with Crippen LogP contribution in [0.4, 0.5) is 0 Å². The second-order valence-electron chi connectivity index (χ2n) is 6.46. The fourth-order valence-electron chi connectivity index (χ4n) is 3.51. The average Bonchev–Trinajstić information content (AvgIpc) is 2.47. The molecule has 0 saturated heterocycles. The van der Waals surface area contributed by atoms with Crippen LogP contribution in [0.3, 0.4) is 0 Å². The van der Waals surface area contributed by atoms with Gasteiger partial charge in [0, 0.05) is 12.1 Å². The topological polar surface area (TPSA) is 12.0 Å². The molecule has 3 unspecified atom stereocenters. The van der Waals surface area contributed by atoms with Crippen LogP contribution in [0.5, 0.6) is 0 Å². The largest absolute Gasteiger partial charge is 0.307 e. The van der Waals surface area contributed by atoms with Gasteiger partial charge in [0.05, 0.1) is 0 Å². The molecule has 1 aliphatic rings. The van der Waals surface area contributed by atoms with Crippen molar-refractivity contribution in [2.45, 2.75) is 51.6 Å². The van der Waals surface area contributed by atoms with E-state index in [9.17, 15) is 0 Å². The summed E-state index contributed by atoms with van der Waals surface area (Å²) >= 11 is 0. The summed E-state index contributed by atoms with van der Waals surface area (Å²) in [7, 11) is 0. The minimum Gasteiger partial charge on any atom is -0.307 e. The van der Waals surface area contributed by atoms with Gasteiger partial charge in [-0.3, -0.25) is 0 Å². The summed E-state index contributed by atoms with van der Waals surface area (Å²) in [5, 5.41) is 6.50. The number of hydrogen-bond acceptors (Lipinski definition) is 1. The van der Waals surface area contributed by atoms with Crippen molar-refractivity contribution in [3.05, 3.63) is 48.0 Å². The van der Waals surface area contributed by atoms with Crippen LogP contribution in [-0.4, -0.2) is 6.04 Å². The monoisotopic (exact) mass is 267 g/mol. The zero-order valence-electron chi connectivity index (χ0n) is 12.6. The van der Waals surface area contributed by atoms with Gasteiger partial charge in [0.1, 0.15) is 0 Å². The van der Waals surface area contributed by atoms with Crippen LogP contribution in [0.2, 0.25) is 0 Å². The summed E-state index contributed by atoms with van der Waals surface area (Å²) in [6, 6.07) is 16.6. The zero-order valence-corrected chi connectivity index (χ0v) is 12.6. The molecule has 2 aromatic carbocycles. The van der Waals surface area contributed by atoms with Gasteiger partial charge in [0.2, 0.25) is 0 Å². The highest BCUT2D eigenvalue weighted by Gasteiger charge is 2.20. The zero-order chi connectivity index (χ0) is 13.9. The molecule has 1 aliphatic carbocycles. The van der Waals surface area contributed by atoms with Crippen LogP contribution in [0.25, 0.3) is 10.8 Å². The third-order valence-electron chi connectivity index (χ3n) is 4.70. The Bertz CT molecular complexity index is 575. The lowest BCUT2D eigenvalue weighted by Gasteiger charge is -2.30. The SMILES string of the molecule is CC1CCCC(NC(C)c2ccc3ccccc3c2)C1. The fourth-order valence-corrected chi connectivity index (χ4v) is 3.51. The number of fused-ring (bicyclic) bond motifs is 1. The van der Waals surface area contributed by atoms with Crippen molar-refractivity contribution in [3.8, 4) is 0 Å². The van der Waals surface area contributed by atoms with E-state index < -0.39 is 0 Å². The van der Waals surface area contributed by atoms with Gasteiger partial charge in [-0.2, -0.15) is 0 Å². The van der Waals surface area contributed by atoms with E-state index in [4.69, 9.17) is 0 Å². The molecular formula is C19H25N. The van der Waals surface area contributed by atoms with E-state index in [-0.39, 0.29) is 0 Å². The van der Waals surface area contributed by atoms with Crippen molar-refractivity contribution >= 4 is 10.8 Å². The van der Waals surface area contributed by atoms with Gasteiger partial charge in [0.15, 0.2) is 0 Å². The van der Waals surface area contributed by atoms with Crippen molar-refractivity contribution < 1.29 is 0 Å². The summed E-state index contributed by atoms with van der Waals surface area (Å²) in [6.07, 6.45) is 5.45. The third kappa shape index (κ3) is 3.04. The van der Waals surface area contributed by atoms with Gasteiger partial charge in [-0.25, -0.2) is 0 Å². The Morgan fingerprint density at radius 3 is 2.65 bits per heavy atom.